The summed E-state index contributed by atoms with van der Waals surface area (Å²) >= 11 is 1.34. The summed E-state index contributed by atoms with van der Waals surface area (Å²) in [5.74, 6) is 0.389. The minimum absolute atomic E-state index is 0.202. The van der Waals surface area contributed by atoms with Crippen molar-refractivity contribution in [2.75, 3.05) is 5.32 Å². The summed E-state index contributed by atoms with van der Waals surface area (Å²) in [7, 11) is 0. The smallest absolute Gasteiger partial charge is 0.271 e. The van der Waals surface area contributed by atoms with Crippen molar-refractivity contribution in [3.05, 3.63) is 65.6 Å². The lowest BCUT2D eigenvalue weighted by Crippen LogP contribution is -2.23. The van der Waals surface area contributed by atoms with Crippen LogP contribution in [0.15, 0.2) is 54.3 Å². The van der Waals surface area contributed by atoms with Crippen LogP contribution in [0.1, 0.15) is 16.1 Å². The third kappa shape index (κ3) is 3.64. The molecule has 0 aliphatic heterocycles. The van der Waals surface area contributed by atoms with Crippen LogP contribution in [-0.2, 0) is 6.54 Å². The van der Waals surface area contributed by atoms with Crippen LogP contribution >= 0.6 is 11.3 Å². The quantitative estimate of drug-likeness (QED) is 0.757. The summed E-state index contributed by atoms with van der Waals surface area (Å²) in [6, 6.07) is 9.74. The SMILES string of the molecule is O=C(NCc1ccccc1)c1csc(Nc2cnccn2)n1. The highest BCUT2D eigenvalue weighted by Crippen LogP contribution is 2.19. The number of hydrogen-bond acceptors (Lipinski definition) is 6. The zero-order valence-corrected chi connectivity index (χ0v) is 12.4. The van der Waals surface area contributed by atoms with Crippen molar-refractivity contribution >= 4 is 28.2 Å². The molecule has 110 valence electrons. The second-order valence-electron chi connectivity index (χ2n) is 4.42. The Morgan fingerprint density at radius 2 is 2.05 bits per heavy atom. The predicted molar refractivity (Wildman–Crippen MR) is 85.0 cm³/mol. The van der Waals surface area contributed by atoms with E-state index in [2.05, 4.69) is 25.6 Å². The fourth-order valence-corrected chi connectivity index (χ4v) is 2.47. The molecule has 22 heavy (non-hydrogen) atoms. The molecule has 0 spiro atoms. The molecule has 2 heterocycles. The second kappa shape index (κ2) is 6.77. The molecule has 2 aromatic heterocycles. The monoisotopic (exact) mass is 311 g/mol. The number of amides is 1. The van der Waals surface area contributed by atoms with Gasteiger partial charge in [-0.3, -0.25) is 9.78 Å². The van der Waals surface area contributed by atoms with E-state index in [0.29, 0.717) is 23.2 Å². The lowest BCUT2D eigenvalue weighted by atomic mass is 10.2. The molecule has 3 rings (SSSR count). The summed E-state index contributed by atoms with van der Waals surface area (Å²) in [5, 5.41) is 8.16. The van der Waals surface area contributed by atoms with Gasteiger partial charge in [-0.05, 0) is 5.56 Å². The lowest BCUT2D eigenvalue weighted by Gasteiger charge is -2.03. The van der Waals surface area contributed by atoms with Gasteiger partial charge in [-0.1, -0.05) is 30.3 Å². The highest BCUT2D eigenvalue weighted by molar-refractivity contribution is 7.14. The Balaban J connectivity index is 1.60. The molecule has 0 aliphatic carbocycles. The lowest BCUT2D eigenvalue weighted by molar-refractivity contribution is 0.0946. The van der Waals surface area contributed by atoms with Gasteiger partial charge in [-0.15, -0.1) is 11.3 Å². The van der Waals surface area contributed by atoms with Crippen molar-refractivity contribution in [1.29, 1.82) is 0 Å². The van der Waals surface area contributed by atoms with E-state index in [9.17, 15) is 4.79 Å². The van der Waals surface area contributed by atoms with Crippen molar-refractivity contribution in [3.8, 4) is 0 Å². The zero-order valence-electron chi connectivity index (χ0n) is 11.6. The van der Waals surface area contributed by atoms with Crippen molar-refractivity contribution < 1.29 is 4.79 Å². The maximum atomic E-state index is 12.1. The van der Waals surface area contributed by atoms with Crippen molar-refractivity contribution in [2.45, 2.75) is 6.54 Å². The minimum Gasteiger partial charge on any atom is -0.347 e. The summed E-state index contributed by atoms with van der Waals surface area (Å²) in [5.41, 5.74) is 1.43. The van der Waals surface area contributed by atoms with Crippen molar-refractivity contribution in [1.82, 2.24) is 20.3 Å². The molecular formula is C15H13N5OS. The number of aromatic nitrogens is 3. The first-order chi connectivity index (χ1) is 10.8. The first kappa shape index (κ1) is 14.2. The van der Waals surface area contributed by atoms with Crippen LogP contribution in [0.5, 0.6) is 0 Å². The van der Waals surface area contributed by atoms with Crippen molar-refractivity contribution in [2.24, 2.45) is 0 Å². The van der Waals surface area contributed by atoms with Crippen LogP contribution in [0.2, 0.25) is 0 Å². The van der Waals surface area contributed by atoms with Crippen LogP contribution in [0.3, 0.4) is 0 Å². The number of hydrogen-bond donors (Lipinski definition) is 2. The van der Waals surface area contributed by atoms with Gasteiger partial charge in [0.2, 0.25) is 0 Å². The van der Waals surface area contributed by atoms with Gasteiger partial charge in [-0.25, -0.2) is 9.97 Å². The van der Waals surface area contributed by atoms with Crippen LogP contribution in [0, 0.1) is 0 Å². The van der Waals surface area contributed by atoms with E-state index in [0.717, 1.165) is 5.56 Å². The van der Waals surface area contributed by atoms with Crippen LogP contribution < -0.4 is 10.6 Å². The number of nitrogens with zero attached hydrogens (tertiary/aromatic N) is 3. The number of thiazole rings is 1. The number of carbonyl (C=O) groups is 1. The molecule has 1 amide bonds. The van der Waals surface area contributed by atoms with E-state index in [4.69, 9.17) is 0 Å². The Morgan fingerprint density at radius 3 is 2.82 bits per heavy atom. The molecule has 0 aliphatic rings. The standard InChI is InChI=1S/C15H13N5OS/c21-14(18-8-11-4-2-1-3-5-11)12-10-22-15(19-12)20-13-9-16-6-7-17-13/h1-7,9-10H,8H2,(H,18,21)(H,17,19,20). The minimum atomic E-state index is -0.202. The molecule has 0 atom stereocenters. The average Bonchev–Trinajstić information content (AvgIpc) is 3.03. The Hall–Kier alpha value is -2.80. The summed E-state index contributed by atoms with van der Waals surface area (Å²) in [6.07, 6.45) is 4.77. The number of carbonyl (C=O) groups excluding carboxylic acids is 1. The summed E-state index contributed by atoms with van der Waals surface area (Å²) in [6.45, 7) is 0.476. The molecule has 6 nitrogen and oxygen atoms in total. The van der Waals surface area contributed by atoms with E-state index < -0.39 is 0 Å². The highest BCUT2D eigenvalue weighted by atomic mass is 32.1. The molecule has 0 saturated carbocycles. The van der Waals surface area contributed by atoms with E-state index in [-0.39, 0.29) is 5.91 Å². The molecule has 1 aromatic carbocycles. The molecule has 0 unspecified atom stereocenters. The Kier molecular flexibility index (Phi) is 4.35. The van der Waals surface area contributed by atoms with Crippen LogP contribution in [-0.4, -0.2) is 20.9 Å². The Morgan fingerprint density at radius 1 is 1.18 bits per heavy atom. The molecular weight excluding hydrogens is 298 g/mol. The largest absolute Gasteiger partial charge is 0.347 e. The fraction of sp³-hybridized carbons (Fsp3) is 0.0667. The first-order valence-electron chi connectivity index (χ1n) is 6.62. The molecule has 7 heteroatoms. The number of nitrogens with one attached hydrogen (secondary N) is 2. The molecule has 0 fully saturated rings. The van der Waals surface area contributed by atoms with Gasteiger partial charge in [0.05, 0.1) is 6.20 Å². The van der Waals surface area contributed by atoms with Gasteiger partial charge < -0.3 is 10.6 Å². The molecule has 0 radical (unpaired) electrons. The number of benzene rings is 1. The molecule has 3 aromatic rings. The van der Waals surface area contributed by atoms with Gasteiger partial charge in [-0.2, -0.15) is 0 Å². The van der Waals surface area contributed by atoms with E-state index in [1.807, 2.05) is 30.3 Å². The highest BCUT2D eigenvalue weighted by Gasteiger charge is 2.10. The molecule has 0 bridgehead atoms. The van der Waals surface area contributed by atoms with Crippen LogP contribution in [0.4, 0.5) is 10.9 Å². The van der Waals surface area contributed by atoms with Crippen molar-refractivity contribution in [3.63, 3.8) is 0 Å². The third-order valence-electron chi connectivity index (χ3n) is 2.83. The van der Waals surface area contributed by atoms with Gasteiger partial charge in [0, 0.05) is 24.3 Å². The summed E-state index contributed by atoms with van der Waals surface area (Å²) in [4.78, 5) is 24.4. The number of anilines is 2. The van der Waals surface area contributed by atoms with Crippen LogP contribution in [0.25, 0.3) is 0 Å². The van der Waals surface area contributed by atoms with Gasteiger partial charge in [0.25, 0.3) is 5.91 Å². The van der Waals surface area contributed by atoms with E-state index >= 15 is 0 Å². The Labute approximate surface area is 131 Å². The maximum absolute atomic E-state index is 12.1. The third-order valence-corrected chi connectivity index (χ3v) is 3.59. The van der Waals surface area contributed by atoms with Gasteiger partial charge >= 0.3 is 0 Å². The maximum Gasteiger partial charge on any atom is 0.271 e. The predicted octanol–water partition coefficient (Wildman–Crippen LogP) is 2.61. The fourth-order valence-electron chi connectivity index (χ4n) is 1.78. The zero-order chi connectivity index (χ0) is 15.2. The topological polar surface area (TPSA) is 79.8 Å². The number of rotatable bonds is 5. The van der Waals surface area contributed by atoms with E-state index in [1.54, 1.807) is 24.0 Å². The normalized spacial score (nSPS) is 10.2. The average molecular weight is 311 g/mol. The summed E-state index contributed by atoms with van der Waals surface area (Å²) < 4.78 is 0. The first-order valence-corrected chi connectivity index (χ1v) is 7.50. The molecule has 2 N–H and O–H groups in total. The van der Waals surface area contributed by atoms with Gasteiger partial charge in [0.15, 0.2) is 10.9 Å². The second-order valence-corrected chi connectivity index (χ2v) is 5.28. The Bertz CT molecular complexity index is 745. The molecule has 0 saturated heterocycles. The van der Waals surface area contributed by atoms with E-state index in [1.165, 1.54) is 11.3 Å². The van der Waals surface area contributed by atoms with Gasteiger partial charge in [0.1, 0.15) is 5.69 Å².